The number of carbonyl (C=O) groups is 1. The summed E-state index contributed by atoms with van der Waals surface area (Å²) < 4.78 is 16.6. The van der Waals surface area contributed by atoms with Crippen molar-refractivity contribution in [3.8, 4) is 11.5 Å². The Bertz CT molecular complexity index is 798. The van der Waals surface area contributed by atoms with Crippen LogP contribution in [0.3, 0.4) is 0 Å². The standard InChI is InChI=1S/C23H22O4/c1-25-23(24)14-20-12-21(26-16-18-8-4-2-5-9-18)15-22(13-20)27-17-19-10-6-3-7-11-19/h2-13,15H,14,16-17H2,1H3. The minimum atomic E-state index is -0.302. The van der Waals surface area contributed by atoms with Crippen molar-refractivity contribution < 1.29 is 19.0 Å². The van der Waals surface area contributed by atoms with Gasteiger partial charge in [0.2, 0.25) is 0 Å². The second-order valence-electron chi connectivity index (χ2n) is 6.11. The molecule has 4 heteroatoms. The van der Waals surface area contributed by atoms with E-state index < -0.39 is 0 Å². The Labute approximate surface area is 159 Å². The predicted octanol–water partition coefficient (Wildman–Crippen LogP) is 4.56. The van der Waals surface area contributed by atoms with Crippen LogP contribution >= 0.6 is 0 Å². The van der Waals surface area contributed by atoms with Gasteiger partial charge in [0, 0.05) is 6.07 Å². The summed E-state index contributed by atoms with van der Waals surface area (Å²) in [5.74, 6) is 1.01. The van der Waals surface area contributed by atoms with E-state index in [1.165, 1.54) is 7.11 Å². The van der Waals surface area contributed by atoms with Gasteiger partial charge in [-0.2, -0.15) is 0 Å². The summed E-state index contributed by atoms with van der Waals surface area (Å²) in [7, 11) is 1.38. The van der Waals surface area contributed by atoms with E-state index in [4.69, 9.17) is 14.2 Å². The van der Waals surface area contributed by atoms with Crippen molar-refractivity contribution in [2.75, 3.05) is 7.11 Å². The molecule has 3 aromatic carbocycles. The average molecular weight is 362 g/mol. The molecule has 138 valence electrons. The first kappa shape index (κ1) is 18.5. The highest BCUT2D eigenvalue weighted by molar-refractivity contribution is 5.72. The van der Waals surface area contributed by atoms with Gasteiger partial charge in [0.15, 0.2) is 0 Å². The second kappa shape index (κ2) is 9.43. The first-order valence-corrected chi connectivity index (χ1v) is 8.77. The molecule has 0 bridgehead atoms. The van der Waals surface area contributed by atoms with Crippen LogP contribution in [0.2, 0.25) is 0 Å². The minimum absolute atomic E-state index is 0.167. The summed E-state index contributed by atoms with van der Waals surface area (Å²) in [6.07, 6.45) is 0.167. The molecule has 0 aliphatic carbocycles. The highest BCUT2D eigenvalue weighted by Crippen LogP contribution is 2.25. The fourth-order valence-corrected chi connectivity index (χ4v) is 2.62. The highest BCUT2D eigenvalue weighted by atomic mass is 16.5. The molecule has 0 atom stereocenters. The summed E-state index contributed by atoms with van der Waals surface area (Å²) in [5, 5.41) is 0. The fourth-order valence-electron chi connectivity index (χ4n) is 2.62. The zero-order chi connectivity index (χ0) is 18.9. The largest absolute Gasteiger partial charge is 0.489 e. The Kier molecular flexibility index (Phi) is 6.47. The van der Waals surface area contributed by atoms with E-state index in [1.54, 1.807) is 0 Å². The molecule has 0 N–H and O–H groups in total. The number of ether oxygens (including phenoxy) is 3. The van der Waals surface area contributed by atoms with E-state index in [-0.39, 0.29) is 12.4 Å². The summed E-state index contributed by atoms with van der Waals surface area (Å²) in [6.45, 7) is 0.890. The number of carbonyl (C=O) groups excluding carboxylic acids is 1. The van der Waals surface area contributed by atoms with Crippen LogP contribution in [-0.4, -0.2) is 13.1 Å². The Morgan fingerprint density at radius 3 is 1.63 bits per heavy atom. The smallest absolute Gasteiger partial charge is 0.309 e. The van der Waals surface area contributed by atoms with Gasteiger partial charge in [-0.25, -0.2) is 0 Å². The molecular formula is C23H22O4. The zero-order valence-corrected chi connectivity index (χ0v) is 15.3. The Morgan fingerprint density at radius 2 is 1.19 bits per heavy atom. The van der Waals surface area contributed by atoms with Crippen LogP contribution in [0.4, 0.5) is 0 Å². The average Bonchev–Trinajstić information content (AvgIpc) is 2.72. The summed E-state index contributed by atoms with van der Waals surface area (Å²) in [4.78, 5) is 11.7. The normalized spacial score (nSPS) is 10.3. The van der Waals surface area contributed by atoms with Crippen LogP contribution in [-0.2, 0) is 29.2 Å². The Balaban J connectivity index is 1.74. The first-order valence-electron chi connectivity index (χ1n) is 8.77. The van der Waals surface area contributed by atoms with Crippen LogP contribution < -0.4 is 9.47 Å². The lowest BCUT2D eigenvalue weighted by Gasteiger charge is -2.12. The molecule has 0 aliphatic rings. The van der Waals surface area contributed by atoms with Crippen LogP contribution in [0.5, 0.6) is 11.5 Å². The molecule has 0 radical (unpaired) electrons. The molecule has 0 spiro atoms. The quantitative estimate of drug-likeness (QED) is 0.551. The van der Waals surface area contributed by atoms with Gasteiger partial charge in [0.1, 0.15) is 24.7 Å². The molecule has 27 heavy (non-hydrogen) atoms. The van der Waals surface area contributed by atoms with Gasteiger partial charge in [-0.1, -0.05) is 60.7 Å². The molecule has 4 nitrogen and oxygen atoms in total. The van der Waals surface area contributed by atoms with Gasteiger partial charge in [0.05, 0.1) is 13.5 Å². The maximum absolute atomic E-state index is 11.7. The topological polar surface area (TPSA) is 44.8 Å². The summed E-state index contributed by atoms with van der Waals surface area (Å²) in [6, 6.07) is 25.4. The van der Waals surface area contributed by atoms with Crippen molar-refractivity contribution >= 4 is 5.97 Å². The second-order valence-corrected chi connectivity index (χ2v) is 6.11. The number of hydrogen-bond donors (Lipinski definition) is 0. The van der Waals surface area contributed by atoms with Gasteiger partial charge in [-0.05, 0) is 28.8 Å². The minimum Gasteiger partial charge on any atom is -0.489 e. The number of methoxy groups -OCH3 is 1. The van der Waals surface area contributed by atoms with E-state index >= 15 is 0 Å². The molecule has 0 aromatic heterocycles. The van der Waals surface area contributed by atoms with Crippen molar-refractivity contribution in [2.45, 2.75) is 19.6 Å². The predicted molar refractivity (Wildman–Crippen MR) is 104 cm³/mol. The highest BCUT2D eigenvalue weighted by Gasteiger charge is 2.09. The molecule has 0 saturated carbocycles. The first-order chi connectivity index (χ1) is 13.2. The van der Waals surface area contributed by atoms with Gasteiger partial charge in [-0.15, -0.1) is 0 Å². The van der Waals surface area contributed by atoms with Crippen LogP contribution in [0.1, 0.15) is 16.7 Å². The third-order valence-corrected chi connectivity index (χ3v) is 4.01. The van der Waals surface area contributed by atoms with Crippen molar-refractivity contribution in [1.82, 2.24) is 0 Å². The molecule has 0 heterocycles. The molecule has 0 fully saturated rings. The Hall–Kier alpha value is -3.27. The number of rotatable bonds is 8. The fraction of sp³-hybridized carbons (Fsp3) is 0.174. The van der Waals surface area contributed by atoms with Crippen molar-refractivity contribution in [2.24, 2.45) is 0 Å². The van der Waals surface area contributed by atoms with Crippen LogP contribution in [0, 0.1) is 0 Å². The maximum Gasteiger partial charge on any atom is 0.309 e. The van der Waals surface area contributed by atoms with Crippen molar-refractivity contribution in [1.29, 1.82) is 0 Å². The molecule has 0 amide bonds. The number of benzene rings is 3. The van der Waals surface area contributed by atoms with Gasteiger partial charge < -0.3 is 14.2 Å². The van der Waals surface area contributed by atoms with E-state index in [0.717, 1.165) is 16.7 Å². The molecule has 0 saturated heterocycles. The van der Waals surface area contributed by atoms with Gasteiger partial charge >= 0.3 is 5.97 Å². The molecule has 3 rings (SSSR count). The monoisotopic (exact) mass is 362 g/mol. The molecule has 0 unspecified atom stereocenters. The van der Waals surface area contributed by atoms with E-state index in [9.17, 15) is 4.79 Å². The molecule has 0 aliphatic heterocycles. The zero-order valence-electron chi connectivity index (χ0n) is 15.3. The van der Waals surface area contributed by atoms with Gasteiger partial charge in [-0.3, -0.25) is 4.79 Å². The lowest BCUT2D eigenvalue weighted by atomic mass is 10.1. The lowest BCUT2D eigenvalue weighted by Crippen LogP contribution is -2.05. The van der Waals surface area contributed by atoms with Crippen molar-refractivity contribution in [3.05, 3.63) is 95.6 Å². The maximum atomic E-state index is 11.7. The molecule has 3 aromatic rings. The van der Waals surface area contributed by atoms with E-state index in [1.807, 2.05) is 78.9 Å². The summed E-state index contributed by atoms with van der Waals surface area (Å²) in [5.41, 5.74) is 2.93. The third kappa shape index (κ3) is 5.89. The number of esters is 1. The lowest BCUT2D eigenvalue weighted by molar-refractivity contribution is -0.139. The van der Waals surface area contributed by atoms with Crippen LogP contribution in [0.25, 0.3) is 0 Å². The number of hydrogen-bond acceptors (Lipinski definition) is 4. The SMILES string of the molecule is COC(=O)Cc1cc(OCc2ccccc2)cc(OCc2ccccc2)c1. The molecular weight excluding hydrogens is 340 g/mol. The van der Waals surface area contributed by atoms with Crippen molar-refractivity contribution in [3.63, 3.8) is 0 Å². The third-order valence-electron chi connectivity index (χ3n) is 4.01. The van der Waals surface area contributed by atoms with Crippen LogP contribution in [0.15, 0.2) is 78.9 Å². The summed E-state index contributed by atoms with van der Waals surface area (Å²) >= 11 is 0. The Morgan fingerprint density at radius 1 is 0.704 bits per heavy atom. The van der Waals surface area contributed by atoms with E-state index in [2.05, 4.69) is 0 Å². The van der Waals surface area contributed by atoms with Gasteiger partial charge in [0.25, 0.3) is 0 Å². The van der Waals surface area contributed by atoms with E-state index in [0.29, 0.717) is 24.7 Å².